The predicted molar refractivity (Wildman–Crippen MR) is 115 cm³/mol. The Hall–Kier alpha value is -2.58. The molecule has 2 aromatic rings. The summed E-state index contributed by atoms with van der Waals surface area (Å²) < 4.78 is 2.40. The second-order valence-corrected chi connectivity index (χ2v) is 8.07. The Labute approximate surface area is 173 Å². The van der Waals surface area contributed by atoms with Crippen molar-refractivity contribution < 1.29 is 14.7 Å². The zero-order chi connectivity index (χ0) is 20.1. The molecule has 0 radical (unpaired) electrons. The Morgan fingerprint density at radius 2 is 2.04 bits per heavy atom. The van der Waals surface area contributed by atoms with Gasteiger partial charge in [-0.25, -0.2) is 0 Å². The van der Waals surface area contributed by atoms with Crippen molar-refractivity contribution in [3.05, 3.63) is 58.8 Å². The highest BCUT2D eigenvalue weighted by atomic mass is 32.2. The highest BCUT2D eigenvalue weighted by molar-refractivity contribution is 8.26. The third-order valence-electron chi connectivity index (χ3n) is 4.37. The van der Waals surface area contributed by atoms with Crippen LogP contribution in [-0.2, 0) is 23.1 Å². The minimum Gasteiger partial charge on any atom is -0.508 e. The fourth-order valence-electron chi connectivity index (χ4n) is 2.76. The second-order valence-electron chi connectivity index (χ2n) is 6.39. The summed E-state index contributed by atoms with van der Waals surface area (Å²) in [5.41, 5.74) is 1.95. The van der Waals surface area contributed by atoms with Crippen LogP contribution in [-0.4, -0.2) is 43.8 Å². The molecule has 3 rings (SSSR count). The smallest absolute Gasteiger partial charge is 0.266 e. The first-order valence-corrected chi connectivity index (χ1v) is 10.1. The molecule has 0 atom stereocenters. The summed E-state index contributed by atoms with van der Waals surface area (Å²) in [5, 5.41) is 12.1. The van der Waals surface area contributed by atoms with Gasteiger partial charge in [0, 0.05) is 38.4 Å². The number of carbonyl (C=O) groups is 2. The standard InChI is InChI=1S/C20H21N3O3S2/c1-22-11-2-3-15(22)13-17-19(26)23(20(27)28-17)12-9-18(25)21-10-8-14-4-6-16(24)7-5-14/h2-7,11,13,24H,8-10,12H2,1H3,(H,21,25). The van der Waals surface area contributed by atoms with Crippen molar-refractivity contribution in [3.8, 4) is 5.75 Å². The van der Waals surface area contributed by atoms with Crippen molar-refractivity contribution in [3.63, 3.8) is 0 Å². The molecule has 6 nitrogen and oxygen atoms in total. The fourth-order valence-corrected chi connectivity index (χ4v) is 4.06. The fraction of sp³-hybridized carbons (Fsp3) is 0.250. The van der Waals surface area contributed by atoms with Gasteiger partial charge in [0.05, 0.1) is 4.91 Å². The zero-order valence-electron chi connectivity index (χ0n) is 15.4. The van der Waals surface area contributed by atoms with Crippen molar-refractivity contribution in [2.24, 2.45) is 7.05 Å². The van der Waals surface area contributed by atoms with Crippen LogP contribution in [0.25, 0.3) is 6.08 Å². The van der Waals surface area contributed by atoms with Gasteiger partial charge in [-0.05, 0) is 42.3 Å². The summed E-state index contributed by atoms with van der Waals surface area (Å²) in [7, 11) is 1.91. The second kappa shape index (κ2) is 9.07. The number of phenols is 1. The Morgan fingerprint density at radius 3 is 2.71 bits per heavy atom. The van der Waals surface area contributed by atoms with Crippen LogP contribution in [0.3, 0.4) is 0 Å². The first kappa shape index (κ1) is 20.2. The SMILES string of the molecule is Cn1cccc1C=C1SC(=S)N(CCC(=O)NCCc2ccc(O)cc2)C1=O. The minimum absolute atomic E-state index is 0.126. The Morgan fingerprint density at radius 1 is 1.29 bits per heavy atom. The maximum atomic E-state index is 12.6. The molecule has 1 aromatic carbocycles. The van der Waals surface area contributed by atoms with E-state index in [-0.39, 0.29) is 30.5 Å². The molecule has 1 aromatic heterocycles. The van der Waals surface area contributed by atoms with Crippen molar-refractivity contribution in [2.45, 2.75) is 12.8 Å². The van der Waals surface area contributed by atoms with E-state index in [1.54, 1.807) is 12.1 Å². The van der Waals surface area contributed by atoms with Gasteiger partial charge in [-0.3, -0.25) is 14.5 Å². The van der Waals surface area contributed by atoms with E-state index in [4.69, 9.17) is 12.2 Å². The number of benzene rings is 1. The lowest BCUT2D eigenvalue weighted by Gasteiger charge is -2.14. The quantitative estimate of drug-likeness (QED) is 0.537. The summed E-state index contributed by atoms with van der Waals surface area (Å²) in [6, 6.07) is 10.7. The maximum Gasteiger partial charge on any atom is 0.266 e. The summed E-state index contributed by atoms with van der Waals surface area (Å²) >= 11 is 6.57. The van der Waals surface area contributed by atoms with Crippen molar-refractivity contribution in [1.29, 1.82) is 0 Å². The van der Waals surface area contributed by atoms with E-state index in [0.29, 0.717) is 22.2 Å². The topological polar surface area (TPSA) is 74.6 Å². The number of hydrogen-bond acceptors (Lipinski definition) is 5. The molecular weight excluding hydrogens is 394 g/mol. The largest absolute Gasteiger partial charge is 0.508 e. The van der Waals surface area contributed by atoms with Gasteiger partial charge >= 0.3 is 0 Å². The molecule has 2 amide bonds. The molecular formula is C20H21N3O3S2. The van der Waals surface area contributed by atoms with Gasteiger partial charge in [-0.1, -0.05) is 36.1 Å². The third-order valence-corrected chi connectivity index (χ3v) is 5.75. The van der Waals surface area contributed by atoms with E-state index in [2.05, 4.69) is 5.32 Å². The lowest BCUT2D eigenvalue weighted by Crippen LogP contribution is -2.34. The Bertz CT molecular complexity index is 919. The van der Waals surface area contributed by atoms with Crippen LogP contribution in [0.1, 0.15) is 17.7 Å². The van der Waals surface area contributed by atoms with Crippen LogP contribution in [0.2, 0.25) is 0 Å². The first-order chi connectivity index (χ1) is 13.4. The number of rotatable bonds is 7. The molecule has 2 heterocycles. The summed E-state index contributed by atoms with van der Waals surface area (Å²) in [4.78, 5) is 26.7. The van der Waals surface area contributed by atoms with Crippen LogP contribution in [0.15, 0.2) is 47.5 Å². The van der Waals surface area contributed by atoms with E-state index in [1.807, 2.05) is 48.2 Å². The number of aryl methyl sites for hydroxylation is 1. The highest BCUT2D eigenvalue weighted by Gasteiger charge is 2.32. The zero-order valence-corrected chi connectivity index (χ0v) is 17.1. The van der Waals surface area contributed by atoms with E-state index in [9.17, 15) is 14.7 Å². The van der Waals surface area contributed by atoms with Gasteiger partial charge in [-0.15, -0.1) is 0 Å². The molecule has 0 spiro atoms. The minimum atomic E-state index is -0.159. The lowest BCUT2D eigenvalue weighted by molar-refractivity contribution is -0.123. The number of hydrogen-bond donors (Lipinski definition) is 2. The monoisotopic (exact) mass is 415 g/mol. The molecule has 28 heavy (non-hydrogen) atoms. The van der Waals surface area contributed by atoms with E-state index >= 15 is 0 Å². The van der Waals surface area contributed by atoms with E-state index in [1.165, 1.54) is 16.7 Å². The Balaban J connectivity index is 1.47. The van der Waals surface area contributed by atoms with Crippen LogP contribution >= 0.6 is 24.0 Å². The first-order valence-electron chi connectivity index (χ1n) is 8.85. The molecule has 1 aliphatic rings. The van der Waals surface area contributed by atoms with E-state index < -0.39 is 0 Å². The number of phenolic OH excluding ortho intramolecular Hbond substituents is 1. The molecule has 146 valence electrons. The molecule has 1 fully saturated rings. The van der Waals surface area contributed by atoms with Gasteiger partial charge in [-0.2, -0.15) is 0 Å². The number of carbonyl (C=O) groups excluding carboxylic acids is 2. The van der Waals surface area contributed by atoms with Crippen molar-refractivity contribution in [1.82, 2.24) is 14.8 Å². The molecule has 8 heteroatoms. The number of thiocarbonyl (C=S) groups is 1. The van der Waals surface area contributed by atoms with Crippen molar-refractivity contribution in [2.75, 3.05) is 13.1 Å². The summed E-state index contributed by atoms with van der Waals surface area (Å²) in [6.45, 7) is 0.760. The van der Waals surface area contributed by atoms with Gasteiger partial charge in [0.25, 0.3) is 5.91 Å². The normalized spacial score (nSPS) is 15.5. The average Bonchev–Trinajstić information content (AvgIpc) is 3.18. The molecule has 2 N–H and O–H groups in total. The van der Waals surface area contributed by atoms with Crippen LogP contribution in [0.5, 0.6) is 5.75 Å². The highest BCUT2D eigenvalue weighted by Crippen LogP contribution is 2.32. The molecule has 1 aliphatic heterocycles. The van der Waals surface area contributed by atoms with Gasteiger partial charge < -0.3 is 15.0 Å². The number of amides is 2. The summed E-state index contributed by atoms with van der Waals surface area (Å²) in [5.74, 6) is -0.0650. The lowest BCUT2D eigenvalue weighted by atomic mass is 10.1. The Kier molecular flexibility index (Phi) is 6.53. The number of thioether (sulfide) groups is 1. The van der Waals surface area contributed by atoms with Gasteiger partial charge in [0.1, 0.15) is 10.1 Å². The van der Waals surface area contributed by atoms with Crippen LogP contribution < -0.4 is 5.32 Å². The molecule has 0 unspecified atom stereocenters. The molecule has 0 aliphatic carbocycles. The summed E-state index contributed by atoms with van der Waals surface area (Å²) in [6.07, 6.45) is 4.60. The van der Waals surface area contributed by atoms with Gasteiger partial charge in [0.15, 0.2) is 0 Å². The van der Waals surface area contributed by atoms with Crippen LogP contribution in [0, 0.1) is 0 Å². The molecule has 0 bridgehead atoms. The third kappa shape index (κ3) is 5.02. The molecule has 1 saturated heterocycles. The van der Waals surface area contributed by atoms with E-state index in [0.717, 1.165) is 11.3 Å². The number of aromatic hydroxyl groups is 1. The average molecular weight is 416 g/mol. The number of nitrogens with zero attached hydrogens (tertiary/aromatic N) is 2. The predicted octanol–water partition coefficient (Wildman–Crippen LogP) is 2.68. The van der Waals surface area contributed by atoms with Crippen molar-refractivity contribution >= 4 is 46.2 Å². The van der Waals surface area contributed by atoms with Gasteiger partial charge in [0.2, 0.25) is 5.91 Å². The number of nitrogens with one attached hydrogen (secondary N) is 1. The van der Waals surface area contributed by atoms with Crippen LogP contribution in [0.4, 0.5) is 0 Å². The molecule has 0 saturated carbocycles. The maximum absolute atomic E-state index is 12.6. The number of aromatic nitrogens is 1.